The first-order valence-electron chi connectivity index (χ1n) is 6.09. The van der Waals surface area contributed by atoms with Crippen LogP contribution in [-0.4, -0.2) is 33.4 Å². The number of hydrogen-bond acceptors (Lipinski definition) is 6. The molecule has 0 amide bonds. The number of hydrogen-bond donors (Lipinski definition) is 2. The quantitative estimate of drug-likeness (QED) is 0.816. The van der Waals surface area contributed by atoms with Crippen molar-refractivity contribution in [3.05, 3.63) is 24.3 Å². The summed E-state index contributed by atoms with van der Waals surface area (Å²) in [5, 5.41) is 10.6. The van der Waals surface area contributed by atoms with E-state index in [1.807, 2.05) is 26.2 Å². The molecule has 0 spiro atoms. The van der Waals surface area contributed by atoms with Crippen LogP contribution in [0, 0.1) is 0 Å². The molecule has 0 atom stereocenters. The third-order valence-corrected chi connectivity index (χ3v) is 2.56. The first-order chi connectivity index (χ1) is 9.24. The lowest BCUT2D eigenvalue weighted by molar-refractivity contribution is 0.414. The minimum absolute atomic E-state index is 0.583. The fraction of sp³-hybridized carbons (Fsp3) is 0.417. The van der Waals surface area contributed by atoms with Crippen molar-refractivity contribution in [1.29, 1.82) is 0 Å². The van der Waals surface area contributed by atoms with Crippen LogP contribution in [0.3, 0.4) is 0 Å². The van der Waals surface area contributed by atoms with Gasteiger partial charge in [-0.3, -0.25) is 4.68 Å². The molecule has 102 valence electrons. The van der Waals surface area contributed by atoms with E-state index in [0.717, 1.165) is 12.2 Å². The zero-order valence-electron chi connectivity index (χ0n) is 11.3. The third kappa shape index (κ3) is 3.12. The van der Waals surface area contributed by atoms with Crippen molar-refractivity contribution >= 4 is 11.6 Å². The summed E-state index contributed by atoms with van der Waals surface area (Å²) in [5.74, 6) is 1.95. The van der Waals surface area contributed by atoms with Gasteiger partial charge < -0.3 is 15.4 Å². The van der Waals surface area contributed by atoms with Crippen LogP contribution < -0.4 is 15.4 Å². The van der Waals surface area contributed by atoms with E-state index >= 15 is 0 Å². The molecule has 0 aliphatic heterocycles. The normalized spacial score (nSPS) is 10.3. The molecular formula is C12H18N6O. The van der Waals surface area contributed by atoms with Crippen LogP contribution in [0.4, 0.5) is 11.6 Å². The summed E-state index contributed by atoms with van der Waals surface area (Å²) >= 11 is 0. The van der Waals surface area contributed by atoms with Crippen molar-refractivity contribution in [1.82, 2.24) is 19.7 Å². The maximum Gasteiger partial charge on any atom is 0.204 e. The monoisotopic (exact) mass is 262 g/mol. The Morgan fingerprint density at radius 2 is 2.00 bits per heavy atom. The van der Waals surface area contributed by atoms with E-state index in [-0.39, 0.29) is 0 Å². The first-order valence-corrected chi connectivity index (χ1v) is 6.09. The highest BCUT2D eigenvalue weighted by Gasteiger charge is 2.11. The molecule has 0 fully saturated rings. The molecule has 0 saturated heterocycles. The zero-order chi connectivity index (χ0) is 13.7. The lowest BCUT2D eigenvalue weighted by atomic mass is 10.4. The van der Waals surface area contributed by atoms with Crippen LogP contribution in [0.25, 0.3) is 0 Å². The van der Waals surface area contributed by atoms with E-state index in [9.17, 15) is 0 Å². The minimum atomic E-state index is 0.583. The van der Waals surface area contributed by atoms with Gasteiger partial charge in [0.2, 0.25) is 5.75 Å². The highest BCUT2D eigenvalue weighted by atomic mass is 16.5. The minimum Gasteiger partial charge on any atom is -0.490 e. The van der Waals surface area contributed by atoms with E-state index < -0.39 is 0 Å². The number of nitrogens with zero attached hydrogens (tertiary/aromatic N) is 4. The summed E-state index contributed by atoms with van der Waals surface area (Å²) in [4.78, 5) is 8.34. The maximum absolute atomic E-state index is 5.35. The van der Waals surface area contributed by atoms with E-state index in [1.165, 1.54) is 6.33 Å². The number of rotatable bonds is 6. The van der Waals surface area contributed by atoms with Crippen molar-refractivity contribution in [2.45, 2.75) is 13.5 Å². The van der Waals surface area contributed by atoms with Crippen molar-refractivity contribution in [2.24, 2.45) is 7.05 Å². The van der Waals surface area contributed by atoms with Gasteiger partial charge >= 0.3 is 0 Å². The summed E-state index contributed by atoms with van der Waals surface area (Å²) in [6.07, 6.45) is 3.40. The Hall–Kier alpha value is -2.31. The fourth-order valence-corrected chi connectivity index (χ4v) is 1.72. The molecule has 2 aromatic heterocycles. The number of nitrogens with one attached hydrogen (secondary N) is 2. The van der Waals surface area contributed by atoms with Gasteiger partial charge in [0.25, 0.3) is 0 Å². The Bertz CT molecular complexity index is 539. The van der Waals surface area contributed by atoms with E-state index in [2.05, 4.69) is 25.7 Å². The summed E-state index contributed by atoms with van der Waals surface area (Å²) in [6.45, 7) is 3.36. The Morgan fingerprint density at radius 3 is 2.58 bits per heavy atom. The molecule has 0 aliphatic rings. The van der Waals surface area contributed by atoms with Gasteiger partial charge in [-0.25, -0.2) is 9.97 Å². The summed E-state index contributed by atoms with van der Waals surface area (Å²) in [7, 11) is 3.49. The van der Waals surface area contributed by atoms with E-state index in [0.29, 0.717) is 23.9 Å². The van der Waals surface area contributed by atoms with Crippen molar-refractivity contribution in [3.63, 3.8) is 0 Å². The Balaban J connectivity index is 2.13. The standard InChI is InChI=1S/C12H18N6O/c1-4-13-11-10(19-3)12(16-8-15-11)14-7-9-5-6-18(2)17-9/h5-6,8H,4,7H2,1-3H3,(H2,13,14,15,16). The van der Waals surface area contributed by atoms with Gasteiger partial charge in [0.1, 0.15) is 6.33 Å². The highest BCUT2D eigenvalue weighted by molar-refractivity contribution is 5.63. The second-order valence-corrected chi connectivity index (χ2v) is 3.97. The third-order valence-electron chi connectivity index (χ3n) is 2.56. The number of aromatic nitrogens is 4. The average Bonchev–Trinajstić information content (AvgIpc) is 2.83. The molecule has 19 heavy (non-hydrogen) atoms. The second kappa shape index (κ2) is 6.03. The van der Waals surface area contributed by atoms with Crippen LogP contribution in [0.2, 0.25) is 0 Å². The van der Waals surface area contributed by atoms with Crippen LogP contribution in [-0.2, 0) is 13.6 Å². The summed E-state index contributed by atoms with van der Waals surface area (Å²) in [6, 6.07) is 1.95. The van der Waals surface area contributed by atoms with Gasteiger partial charge in [0, 0.05) is 19.8 Å². The molecule has 0 aromatic carbocycles. The summed E-state index contributed by atoms with van der Waals surface area (Å²) < 4.78 is 7.11. The molecule has 0 bridgehead atoms. The largest absolute Gasteiger partial charge is 0.490 e. The lowest BCUT2D eigenvalue weighted by Crippen LogP contribution is -2.08. The molecule has 0 aliphatic carbocycles. The van der Waals surface area contributed by atoms with Crippen LogP contribution in [0.5, 0.6) is 5.75 Å². The molecule has 0 saturated carbocycles. The smallest absolute Gasteiger partial charge is 0.204 e. The number of anilines is 2. The van der Waals surface area contributed by atoms with Gasteiger partial charge in [-0.05, 0) is 13.0 Å². The van der Waals surface area contributed by atoms with E-state index in [1.54, 1.807) is 11.8 Å². The fourth-order valence-electron chi connectivity index (χ4n) is 1.72. The van der Waals surface area contributed by atoms with Crippen LogP contribution >= 0.6 is 0 Å². The van der Waals surface area contributed by atoms with Crippen molar-refractivity contribution in [3.8, 4) is 5.75 Å². The number of ether oxygens (including phenoxy) is 1. The van der Waals surface area contributed by atoms with Gasteiger partial charge in [0.05, 0.1) is 19.3 Å². The van der Waals surface area contributed by atoms with Gasteiger partial charge in [-0.15, -0.1) is 0 Å². The van der Waals surface area contributed by atoms with Crippen LogP contribution in [0.15, 0.2) is 18.6 Å². The summed E-state index contributed by atoms with van der Waals surface area (Å²) in [5.41, 5.74) is 0.938. The Morgan fingerprint density at radius 1 is 1.26 bits per heavy atom. The maximum atomic E-state index is 5.35. The van der Waals surface area contributed by atoms with Gasteiger partial charge in [0.15, 0.2) is 11.6 Å². The molecule has 2 rings (SSSR count). The van der Waals surface area contributed by atoms with Gasteiger partial charge in [-0.2, -0.15) is 5.10 Å². The molecule has 2 N–H and O–H groups in total. The predicted molar refractivity (Wildman–Crippen MR) is 73.3 cm³/mol. The topological polar surface area (TPSA) is 76.9 Å². The molecule has 2 aromatic rings. The SMILES string of the molecule is CCNc1ncnc(NCc2ccn(C)n2)c1OC. The Kier molecular flexibility index (Phi) is 4.17. The molecular weight excluding hydrogens is 244 g/mol. The van der Waals surface area contributed by atoms with Crippen LogP contribution in [0.1, 0.15) is 12.6 Å². The first kappa shape index (κ1) is 13.1. The number of aryl methyl sites for hydroxylation is 1. The molecule has 7 heteroatoms. The van der Waals surface area contributed by atoms with Gasteiger partial charge in [-0.1, -0.05) is 0 Å². The van der Waals surface area contributed by atoms with Crippen molar-refractivity contribution < 1.29 is 4.74 Å². The molecule has 7 nitrogen and oxygen atoms in total. The second-order valence-electron chi connectivity index (χ2n) is 3.97. The molecule has 2 heterocycles. The zero-order valence-corrected chi connectivity index (χ0v) is 11.3. The molecule has 0 unspecified atom stereocenters. The van der Waals surface area contributed by atoms with Crippen molar-refractivity contribution in [2.75, 3.05) is 24.3 Å². The highest BCUT2D eigenvalue weighted by Crippen LogP contribution is 2.28. The molecule has 0 radical (unpaired) electrons. The lowest BCUT2D eigenvalue weighted by Gasteiger charge is -2.12. The predicted octanol–water partition coefficient (Wildman–Crippen LogP) is 1.26. The Labute approximate surface area is 112 Å². The number of methoxy groups -OCH3 is 1. The van der Waals surface area contributed by atoms with E-state index in [4.69, 9.17) is 4.74 Å². The average molecular weight is 262 g/mol.